The summed E-state index contributed by atoms with van der Waals surface area (Å²) in [5.41, 5.74) is 5.23. The minimum absolute atomic E-state index is 0. The lowest BCUT2D eigenvalue weighted by molar-refractivity contribution is -0.121. The van der Waals surface area contributed by atoms with Crippen LogP contribution >= 0.6 is 12.4 Å². The number of rotatable bonds is 5. The molecule has 1 amide bonds. The van der Waals surface area contributed by atoms with Crippen molar-refractivity contribution in [2.45, 2.75) is 32.7 Å². The van der Waals surface area contributed by atoms with Gasteiger partial charge in [0, 0.05) is 18.9 Å². The zero-order valence-electron chi connectivity index (χ0n) is 9.40. The van der Waals surface area contributed by atoms with Crippen LogP contribution in [0.4, 0.5) is 0 Å². The van der Waals surface area contributed by atoms with Gasteiger partial charge < -0.3 is 15.6 Å². The molecule has 92 valence electrons. The van der Waals surface area contributed by atoms with E-state index in [1.807, 2.05) is 13.8 Å². The van der Waals surface area contributed by atoms with Crippen molar-refractivity contribution in [2.75, 3.05) is 6.54 Å². The van der Waals surface area contributed by atoms with E-state index in [1.165, 1.54) is 0 Å². The van der Waals surface area contributed by atoms with E-state index in [4.69, 9.17) is 10.3 Å². The summed E-state index contributed by atoms with van der Waals surface area (Å²) in [7, 11) is 0. The van der Waals surface area contributed by atoms with Gasteiger partial charge in [-0.25, -0.2) is 0 Å². The number of carbonyl (C=O) groups is 1. The maximum Gasteiger partial charge on any atom is 0.246 e. The summed E-state index contributed by atoms with van der Waals surface area (Å²) in [6, 6.07) is 0. The lowest BCUT2D eigenvalue weighted by atomic mass is 10.2. The lowest BCUT2D eigenvalue weighted by Gasteiger charge is -1.99. The van der Waals surface area contributed by atoms with Gasteiger partial charge in [-0.2, -0.15) is 4.98 Å². The first kappa shape index (κ1) is 14.9. The van der Waals surface area contributed by atoms with Crippen LogP contribution in [0, 0.1) is 0 Å². The van der Waals surface area contributed by atoms with Crippen molar-refractivity contribution in [3.8, 4) is 0 Å². The van der Waals surface area contributed by atoms with Crippen LogP contribution in [-0.4, -0.2) is 22.6 Å². The predicted molar refractivity (Wildman–Crippen MR) is 61.2 cm³/mol. The summed E-state index contributed by atoms with van der Waals surface area (Å²) in [6.07, 6.45) is 0.311. The fourth-order valence-corrected chi connectivity index (χ4v) is 0.968. The second-order valence-corrected chi connectivity index (χ2v) is 3.52. The van der Waals surface area contributed by atoms with E-state index in [-0.39, 0.29) is 30.8 Å². The summed E-state index contributed by atoms with van der Waals surface area (Å²) in [5, 5.41) is 6.41. The monoisotopic (exact) mass is 248 g/mol. The second kappa shape index (κ2) is 7.19. The molecule has 0 aliphatic rings. The molecule has 3 N–H and O–H groups in total. The lowest BCUT2D eigenvalue weighted by Crippen LogP contribution is -2.25. The first-order valence-corrected chi connectivity index (χ1v) is 4.92. The molecular weight excluding hydrogens is 232 g/mol. The normalized spacial score (nSPS) is 10.0. The molecule has 0 aromatic carbocycles. The Hall–Kier alpha value is -1.14. The Morgan fingerprint density at radius 1 is 1.56 bits per heavy atom. The minimum Gasteiger partial charge on any atom is -0.347 e. The van der Waals surface area contributed by atoms with Gasteiger partial charge in [-0.1, -0.05) is 19.0 Å². The molecule has 16 heavy (non-hydrogen) atoms. The van der Waals surface area contributed by atoms with Crippen molar-refractivity contribution < 1.29 is 9.32 Å². The first-order chi connectivity index (χ1) is 7.13. The third-order valence-electron chi connectivity index (χ3n) is 1.81. The summed E-state index contributed by atoms with van der Waals surface area (Å²) in [5.74, 6) is 1.19. The number of nitrogens with two attached hydrogens (primary N) is 1. The van der Waals surface area contributed by atoms with Crippen molar-refractivity contribution in [1.82, 2.24) is 15.5 Å². The van der Waals surface area contributed by atoms with E-state index in [0.717, 1.165) is 0 Å². The Morgan fingerprint density at radius 3 is 2.75 bits per heavy atom. The van der Waals surface area contributed by atoms with Gasteiger partial charge in [0.15, 0.2) is 5.82 Å². The Morgan fingerprint density at radius 2 is 2.25 bits per heavy atom. The average Bonchev–Trinajstić information content (AvgIpc) is 2.63. The molecule has 0 unspecified atom stereocenters. The first-order valence-electron chi connectivity index (χ1n) is 4.92. The number of nitrogens with one attached hydrogen (secondary N) is 1. The van der Waals surface area contributed by atoms with E-state index in [0.29, 0.717) is 24.7 Å². The van der Waals surface area contributed by atoms with Crippen molar-refractivity contribution in [1.29, 1.82) is 0 Å². The zero-order chi connectivity index (χ0) is 11.3. The van der Waals surface area contributed by atoms with Crippen LogP contribution in [0.25, 0.3) is 0 Å². The van der Waals surface area contributed by atoms with Gasteiger partial charge in [0.05, 0.1) is 6.54 Å². The molecule has 1 heterocycles. The average molecular weight is 249 g/mol. The summed E-state index contributed by atoms with van der Waals surface area (Å²) in [6.45, 7) is 4.55. The van der Waals surface area contributed by atoms with Gasteiger partial charge in [0.2, 0.25) is 11.8 Å². The van der Waals surface area contributed by atoms with Gasteiger partial charge in [-0.05, 0) is 0 Å². The Balaban J connectivity index is 0.00000225. The van der Waals surface area contributed by atoms with Gasteiger partial charge in [0.25, 0.3) is 0 Å². The van der Waals surface area contributed by atoms with E-state index >= 15 is 0 Å². The number of amides is 1. The van der Waals surface area contributed by atoms with Crippen LogP contribution in [0.5, 0.6) is 0 Å². The van der Waals surface area contributed by atoms with E-state index in [2.05, 4.69) is 15.5 Å². The van der Waals surface area contributed by atoms with Gasteiger partial charge in [0.1, 0.15) is 0 Å². The fourth-order valence-electron chi connectivity index (χ4n) is 0.968. The molecule has 1 aromatic heterocycles. The van der Waals surface area contributed by atoms with Crippen molar-refractivity contribution in [2.24, 2.45) is 5.73 Å². The second-order valence-electron chi connectivity index (χ2n) is 3.52. The summed E-state index contributed by atoms with van der Waals surface area (Å²) in [4.78, 5) is 15.2. The molecular formula is C9H17ClN4O2. The van der Waals surface area contributed by atoms with Gasteiger partial charge in [-0.3, -0.25) is 4.79 Å². The van der Waals surface area contributed by atoms with Gasteiger partial charge >= 0.3 is 0 Å². The SMILES string of the molecule is CC(C)c1noc(CNC(=O)CCN)n1.Cl. The largest absolute Gasteiger partial charge is 0.347 e. The fraction of sp³-hybridized carbons (Fsp3) is 0.667. The molecule has 1 aromatic rings. The minimum atomic E-state index is -0.109. The molecule has 0 radical (unpaired) electrons. The van der Waals surface area contributed by atoms with Crippen LogP contribution < -0.4 is 11.1 Å². The Kier molecular flexibility index (Phi) is 6.67. The Bertz CT molecular complexity index is 327. The molecule has 0 atom stereocenters. The number of hydrogen-bond acceptors (Lipinski definition) is 5. The van der Waals surface area contributed by atoms with E-state index in [9.17, 15) is 4.79 Å². The molecule has 0 aliphatic heterocycles. The molecule has 0 saturated heterocycles. The van der Waals surface area contributed by atoms with Crippen LogP contribution in [0.1, 0.15) is 37.9 Å². The van der Waals surface area contributed by atoms with Crippen LogP contribution in [-0.2, 0) is 11.3 Å². The van der Waals surface area contributed by atoms with Crippen molar-refractivity contribution in [3.05, 3.63) is 11.7 Å². The molecule has 0 saturated carbocycles. The van der Waals surface area contributed by atoms with Crippen LogP contribution in [0.3, 0.4) is 0 Å². The summed E-state index contributed by atoms with van der Waals surface area (Å²) >= 11 is 0. The van der Waals surface area contributed by atoms with E-state index < -0.39 is 0 Å². The number of hydrogen-bond donors (Lipinski definition) is 2. The van der Waals surface area contributed by atoms with Crippen LogP contribution in [0.15, 0.2) is 4.52 Å². The number of halogens is 1. The molecule has 6 nitrogen and oxygen atoms in total. The highest BCUT2D eigenvalue weighted by Gasteiger charge is 2.09. The Labute approximate surface area is 100 Å². The molecule has 7 heteroatoms. The maximum atomic E-state index is 11.1. The highest BCUT2D eigenvalue weighted by molar-refractivity contribution is 5.85. The molecule has 0 fully saturated rings. The van der Waals surface area contributed by atoms with Gasteiger partial charge in [-0.15, -0.1) is 12.4 Å². The molecule has 0 bridgehead atoms. The molecule has 0 aliphatic carbocycles. The number of carbonyl (C=O) groups excluding carboxylic acids is 1. The third-order valence-corrected chi connectivity index (χ3v) is 1.81. The van der Waals surface area contributed by atoms with Crippen LogP contribution in [0.2, 0.25) is 0 Å². The summed E-state index contributed by atoms with van der Waals surface area (Å²) < 4.78 is 4.95. The third kappa shape index (κ3) is 4.59. The highest BCUT2D eigenvalue weighted by Crippen LogP contribution is 2.09. The van der Waals surface area contributed by atoms with Crippen molar-refractivity contribution >= 4 is 18.3 Å². The number of aromatic nitrogens is 2. The standard InChI is InChI=1S/C9H16N4O2.ClH/c1-6(2)9-12-8(15-13-9)5-11-7(14)3-4-10;/h6H,3-5,10H2,1-2H3,(H,11,14);1H. The maximum absolute atomic E-state index is 11.1. The molecule has 0 spiro atoms. The zero-order valence-corrected chi connectivity index (χ0v) is 10.2. The smallest absolute Gasteiger partial charge is 0.246 e. The predicted octanol–water partition coefficient (Wildman–Crippen LogP) is 0.580. The van der Waals surface area contributed by atoms with E-state index in [1.54, 1.807) is 0 Å². The highest BCUT2D eigenvalue weighted by atomic mass is 35.5. The quantitative estimate of drug-likeness (QED) is 0.795. The van der Waals surface area contributed by atoms with Crippen molar-refractivity contribution in [3.63, 3.8) is 0 Å². The number of nitrogens with zero attached hydrogens (tertiary/aromatic N) is 2. The topological polar surface area (TPSA) is 94.0 Å². The molecule has 1 rings (SSSR count).